The van der Waals surface area contributed by atoms with Gasteiger partial charge in [0.1, 0.15) is 11.9 Å². The molecule has 5 fully saturated rings. The summed E-state index contributed by atoms with van der Waals surface area (Å²) in [5, 5.41) is 10.2. The standard InChI is InChI=1S/C24H30O5/c1-22-8-7-17-18(4-3-15-10-16(26)6-9-23(15,17)13-25)24(22)20(29-24)11-19(22)14-2-5-21(27)28-12-14/h2,5,12-13,15-20,26H,3-4,6-11H2,1H3/t15-,16+,17+,18-,19-,20-,22-,23-,24-/m0/s1. The Morgan fingerprint density at radius 2 is 1.97 bits per heavy atom. The van der Waals surface area contributed by atoms with E-state index < -0.39 is 0 Å². The summed E-state index contributed by atoms with van der Waals surface area (Å²) in [6.07, 6.45) is 10.5. The maximum absolute atomic E-state index is 12.5. The molecule has 5 nitrogen and oxygen atoms in total. The first-order valence-corrected chi connectivity index (χ1v) is 11.4. The van der Waals surface area contributed by atoms with Crippen molar-refractivity contribution in [2.75, 3.05) is 0 Å². The highest BCUT2D eigenvalue weighted by molar-refractivity contribution is 5.62. The Hall–Kier alpha value is -1.46. The van der Waals surface area contributed by atoms with Crippen LogP contribution in [-0.4, -0.2) is 29.2 Å². The molecule has 1 aliphatic heterocycles. The second kappa shape index (κ2) is 5.82. The molecular formula is C24H30O5. The van der Waals surface area contributed by atoms with Gasteiger partial charge in [0.05, 0.1) is 18.5 Å². The van der Waals surface area contributed by atoms with E-state index >= 15 is 0 Å². The van der Waals surface area contributed by atoms with Gasteiger partial charge in [-0.15, -0.1) is 0 Å². The first kappa shape index (κ1) is 18.3. The zero-order valence-electron chi connectivity index (χ0n) is 17.0. The number of carbonyl (C=O) groups excluding carboxylic acids is 1. The second-order valence-electron chi connectivity index (χ2n) is 10.7. The summed E-state index contributed by atoms with van der Waals surface area (Å²) >= 11 is 0. The van der Waals surface area contributed by atoms with Crippen LogP contribution in [0.3, 0.4) is 0 Å². The molecule has 1 spiro atoms. The van der Waals surface area contributed by atoms with Gasteiger partial charge in [0.25, 0.3) is 0 Å². The Bertz CT molecular complexity index is 888. The monoisotopic (exact) mass is 398 g/mol. The third kappa shape index (κ3) is 2.13. The zero-order valence-corrected chi connectivity index (χ0v) is 17.0. The minimum absolute atomic E-state index is 0.0177. The van der Waals surface area contributed by atoms with Crippen molar-refractivity contribution in [3.8, 4) is 0 Å². The van der Waals surface area contributed by atoms with Crippen molar-refractivity contribution in [3.63, 3.8) is 0 Å². The summed E-state index contributed by atoms with van der Waals surface area (Å²) in [7, 11) is 0. The fraction of sp³-hybridized carbons (Fsp3) is 0.750. The predicted octanol–water partition coefficient (Wildman–Crippen LogP) is 3.44. The molecule has 156 valence electrons. The molecule has 1 saturated heterocycles. The molecule has 5 aliphatic rings. The van der Waals surface area contributed by atoms with Gasteiger partial charge in [0, 0.05) is 16.9 Å². The number of rotatable bonds is 2. The van der Waals surface area contributed by atoms with Crippen molar-refractivity contribution in [1.29, 1.82) is 0 Å². The van der Waals surface area contributed by atoms with Crippen molar-refractivity contribution >= 4 is 6.29 Å². The highest BCUT2D eigenvalue weighted by Crippen LogP contribution is 2.77. The number of epoxide rings is 1. The number of aliphatic hydroxyl groups is 1. The predicted molar refractivity (Wildman–Crippen MR) is 105 cm³/mol. The molecule has 6 rings (SSSR count). The van der Waals surface area contributed by atoms with E-state index in [1.807, 2.05) is 6.07 Å². The van der Waals surface area contributed by atoms with Crippen molar-refractivity contribution in [1.82, 2.24) is 0 Å². The number of ether oxygens (including phenoxy) is 1. The van der Waals surface area contributed by atoms with Gasteiger partial charge in [-0.3, -0.25) is 0 Å². The topological polar surface area (TPSA) is 80.0 Å². The third-order valence-corrected chi connectivity index (χ3v) is 9.97. The van der Waals surface area contributed by atoms with Crippen molar-refractivity contribution < 1.29 is 19.1 Å². The number of hydrogen-bond acceptors (Lipinski definition) is 5. The Morgan fingerprint density at radius 3 is 2.72 bits per heavy atom. The van der Waals surface area contributed by atoms with Gasteiger partial charge >= 0.3 is 5.63 Å². The van der Waals surface area contributed by atoms with Crippen LogP contribution in [0.5, 0.6) is 0 Å². The number of fused-ring (bicyclic) bond motifs is 3. The van der Waals surface area contributed by atoms with E-state index in [-0.39, 0.29) is 34.3 Å². The van der Waals surface area contributed by atoms with Gasteiger partial charge in [0.2, 0.25) is 0 Å². The lowest BCUT2D eigenvalue weighted by atomic mass is 9.44. The minimum atomic E-state index is -0.303. The minimum Gasteiger partial charge on any atom is -0.431 e. The molecule has 5 heteroatoms. The molecule has 0 bridgehead atoms. The largest absolute Gasteiger partial charge is 0.431 e. The summed E-state index contributed by atoms with van der Waals surface area (Å²) in [4.78, 5) is 24.0. The van der Waals surface area contributed by atoms with E-state index in [4.69, 9.17) is 9.15 Å². The molecule has 9 atom stereocenters. The highest BCUT2D eigenvalue weighted by atomic mass is 16.6. The zero-order chi connectivity index (χ0) is 20.0. The number of hydrogen-bond donors (Lipinski definition) is 1. The average Bonchev–Trinajstić information content (AvgIpc) is 3.38. The van der Waals surface area contributed by atoms with Gasteiger partial charge < -0.3 is 19.1 Å². The van der Waals surface area contributed by atoms with E-state index in [9.17, 15) is 14.7 Å². The Kier molecular flexibility index (Phi) is 3.68. The summed E-state index contributed by atoms with van der Waals surface area (Å²) < 4.78 is 11.7. The summed E-state index contributed by atoms with van der Waals surface area (Å²) in [5.74, 6) is 1.45. The molecule has 29 heavy (non-hydrogen) atoms. The highest BCUT2D eigenvalue weighted by Gasteiger charge is 2.80. The lowest BCUT2D eigenvalue weighted by Gasteiger charge is -2.60. The van der Waals surface area contributed by atoms with Crippen LogP contribution in [0.4, 0.5) is 0 Å². The van der Waals surface area contributed by atoms with E-state index in [1.54, 1.807) is 6.26 Å². The van der Waals surface area contributed by atoms with E-state index in [2.05, 4.69) is 6.92 Å². The van der Waals surface area contributed by atoms with Gasteiger partial charge in [-0.05, 0) is 86.7 Å². The lowest BCUT2D eigenvalue weighted by Crippen LogP contribution is -2.59. The molecule has 0 amide bonds. The van der Waals surface area contributed by atoms with Gasteiger partial charge in [-0.25, -0.2) is 4.79 Å². The summed E-state index contributed by atoms with van der Waals surface area (Å²) in [6, 6.07) is 3.46. The SMILES string of the molecule is C[C@@]12CC[C@@H]3[C@H](CC[C@H]4C[C@H](O)CC[C@]43C=O)[C@@]13O[C@H]3C[C@H]2c1ccc(=O)oc1. The molecule has 0 aromatic carbocycles. The number of carbonyl (C=O) groups is 1. The molecule has 1 N–H and O–H groups in total. The Morgan fingerprint density at radius 1 is 1.10 bits per heavy atom. The fourth-order valence-corrected chi connectivity index (χ4v) is 8.66. The van der Waals surface area contributed by atoms with Crippen LogP contribution in [-0.2, 0) is 9.53 Å². The normalized spacial score (nSPS) is 52.6. The Balaban J connectivity index is 1.37. The maximum Gasteiger partial charge on any atom is 0.335 e. The smallest absolute Gasteiger partial charge is 0.335 e. The fourth-order valence-electron chi connectivity index (χ4n) is 8.66. The first-order chi connectivity index (χ1) is 13.9. The maximum atomic E-state index is 12.5. The quantitative estimate of drug-likeness (QED) is 0.610. The molecular weight excluding hydrogens is 368 g/mol. The average molecular weight is 398 g/mol. The number of aliphatic hydroxyl groups excluding tert-OH is 1. The molecule has 1 aromatic rings. The van der Waals surface area contributed by atoms with Crippen molar-refractivity contribution in [2.45, 2.75) is 82.0 Å². The van der Waals surface area contributed by atoms with Crippen molar-refractivity contribution in [3.05, 3.63) is 34.4 Å². The van der Waals surface area contributed by atoms with Crippen LogP contribution in [0, 0.1) is 28.6 Å². The van der Waals surface area contributed by atoms with E-state index in [1.165, 1.54) is 12.4 Å². The molecule has 4 saturated carbocycles. The van der Waals surface area contributed by atoms with Crippen LogP contribution < -0.4 is 5.63 Å². The molecule has 2 heterocycles. The first-order valence-electron chi connectivity index (χ1n) is 11.4. The van der Waals surface area contributed by atoms with Crippen LogP contribution in [0.15, 0.2) is 27.6 Å². The molecule has 0 unspecified atom stereocenters. The third-order valence-electron chi connectivity index (χ3n) is 9.97. The van der Waals surface area contributed by atoms with Crippen LogP contribution >= 0.6 is 0 Å². The lowest BCUT2D eigenvalue weighted by molar-refractivity contribution is -0.158. The van der Waals surface area contributed by atoms with E-state index in [0.29, 0.717) is 23.7 Å². The van der Waals surface area contributed by atoms with E-state index in [0.717, 1.165) is 56.9 Å². The molecule has 4 aliphatic carbocycles. The van der Waals surface area contributed by atoms with Crippen LogP contribution in [0.1, 0.15) is 69.8 Å². The molecule has 0 radical (unpaired) electrons. The number of aldehydes is 1. The van der Waals surface area contributed by atoms with Crippen LogP contribution in [0.2, 0.25) is 0 Å². The molecule has 1 aromatic heterocycles. The van der Waals surface area contributed by atoms with Gasteiger partial charge in [0.15, 0.2) is 0 Å². The summed E-state index contributed by atoms with van der Waals surface area (Å²) in [5.41, 5.74) is 0.423. The van der Waals surface area contributed by atoms with Gasteiger partial charge in [-0.1, -0.05) is 6.92 Å². The Labute approximate surface area is 170 Å². The summed E-state index contributed by atoms with van der Waals surface area (Å²) in [6.45, 7) is 2.37. The van der Waals surface area contributed by atoms with Gasteiger partial charge in [-0.2, -0.15) is 0 Å². The van der Waals surface area contributed by atoms with Crippen molar-refractivity contribution in [2.24, 2.45) is 28.6 Å². The van der Waals surface area contributed by atoms with Crippen LogP contribution in [0.25, 0.3) is 0 Å². The second-order valence-corrected chi connectivity index (χ2v) is 10.7.